The minimum absolute atomic E-state index is 0.0725. The summed E-state index contributed by atoms with van der Waals surface area (Å²) in [4.78, 5) is 22.7. The number of ether oxygens (including phenoxy) is 1. The maximum absolute atomic E-state index is 13.7. The van der Waals surface area contributed by atoms with Crippen LogP contribution in [0.25, 0.3) is 0 Å². The molecular weight excluding hydrogens is 265 g/mol. The van der Waals surface area contributed by atoms with Gasteiger partial charge in [0.15, 0.2) is 0 Å². The van der Waals surface area contributed by atoms with E-state index in [-0.39, 0.29) is 6.42 Å². The first-order valence-corrected chi connectivity index (χ1v) is 5.78. The monoisotopic (exact) mass is 284 g/mol. The van der Waals surface area contributed by atoms with Crippen LogP contribution in [-0.4, -0.2) is 36.1 Å². The number of esters is 2. The third kappa shape index (κ3) is 4.79. The number of nitrogens with two attached hydrogens (primary N) is 2. The van der Waals surface area contributed by atoms with E-state index in [1.54, 1.807) is 0 Å². The van der Waals surface area contributed by atoms with E-state index < -0.39 is 42.0 Å². The van der Waals surface area contributed by atoms with Gasteiger partial charge in [0.2, 0.25) is 6.43 Å². The van der Waals surface area contributed by atoms with Gasteiger partial charge in [0, 0.05) is 5.92 Å². The lowest BCUT2D eigenvalue weighted by molar-refractivity contribution is -0.165. The smallest absolute Gasteiger partial charge is 0.333 e. The van der Waals surface area contributed by atoms with Crippen molar-refractivity contribution in [2.45, 2.75) is 51.4 Å². The first-order valence-electron chi connectivity index (χ1n) is 5.78. The average Bonchev–Trinajstić information content (AvgIpc) is 2.35. The lowest BCUT2D eigenvalue weighted by atomic mass is 9.96. The highest BCUT2D eigenvalue weighted by Gasteiger charge is 2.39. The SMILES string of the molecule is CC[C@@](C)(F)[C@H](N)C(=O)OC(=O)C(N)C(C)C(F)F. The molecule has 0 aliphatic rings. The quantitative estimate of drug-likeness (QED) is 0.554. The molecular formula is C11H19F3N2O3. The van der Waals surface area contributed by atoms with Crippen LogP contribution in [0.1, 0.15) is 27.2 Å². The molecule has 4 N–H and O–H groups in total. The van der Waals surface area contributed by atoms with Crippen molar-refractivity contribution in [1.29, 1.82) is 0 Å². The third-order valence-corrected chi connectivity index (χ3v) is 3.03. The lowest BCUT2D eigenvalue weighted by Crippen LogP contribution is -2.51. The van der Waals surface area contributed by atoms with Gasteiger partial charge in [0.05, 0.1) is 0 Å². The summed E-state index contributed by atoms with van der Waals surface area (Å²) in [7, 11) is 0. The van der Waals surface area contributed by atoms with E-state index in [9.17, 15) is 22.8 Å². The molecule has 5 nitrogen and oxygen atoms in total. The molecule has 0 saturated heterocycles. The molecule has 0 aromatic carbocycles. The number of hydrogen-bond acceptors (Lipinski definition) is 5. The van der Waals surface area contributed by atoms with Crippen molar-refractivity contribution in [3.63, 3.8) is 0 Å². The van der Waals surface area contributed by atoms with E-state index in [2.05, 4.69) is 4.74 Å². The summed E-state index contributed by atoms with van der Waals surface area (Å²) >= 11 is 0. The summed E-state index contributed by atoms with van der Waals surface area (Å²) in [5, 5.41) is 0. The van der Waals surface area contributed by atoms with Crippen molar-refractivity contribution in [2.75, 3.05) is 0 Å². The van der Waals surface area contributed by atoms with Gasteiger partial charge in [0.1, 0.15) is 17.8 Å². The molecule has 0 aromatic rings. The summed E-state index contributed by atoms with van der Waals surface area (Å²) in [6.07, 6.45) is -2.91. The van der Waals surface area contributed by atoms with Crippen LogP contribution in [0.5, 0.6) is 0 Å². The van der Waals surface area contributed by atoms with Crippen molar-refractivity contribution in [1.82, 2.24) is 0 Å². The molecule has 0 amide bonds. The van der Waals surface area contributed by atoms with E-state index in [0.717, 1.165) is 13.8 Å². The molecule has 0 aliphatic carbocycles. The molecule has 0 aromatic heterocycles. The van der Waals surface area contributed by atoms with Gasteiger partial charge in [-0.25, -0.2) is 22.8 Å². The van der Waals surface area contributed by atoms with Crippen LogP contribution in [-0.2, 0) is 14.3 Å². The topological polar surface area (TPSA) is 95.4 Å². The van der Waals surface area contributed by atoms with Gasteiger partial charge < -0.3 is 16.2 Å². The molecule has 19 heavy (non-hydrogen) atoms. The average molecular weight is 284 g/mol. The van der Waals surface area contributed by atoms with Crippen LogP contribution >= 0.6 is 0 Å². The number of hydrogen-bond donors (Lipinski definition) is 2. The van der Waals surface area contributed by atoms with Gasteiger partial charge in [-0.15, -0.1) is 0 Å². The molecule has 4 atom stereocenters. The second kappa shape index (κ2) is 6.85. The second-order valence-electron chi connectivity index (χ2n) is 4.57. The van der Waals surface area contributed by atoms with Crippen molar-refractivity contribution in [3.05, 3.63) is 0 Å². The molecule has 0 bridgehead atoms. The molecule has 0 saturated carbocycles. The molecule has 0 radical (unpaired) electrons. The van der Waals surface area contributed by atoms with Gasteiger partial charge in [-0.3, -0.25) is 0 Å². The van der Waals surface area contributed by atoms with Crippen LogP contribution in [0.4, 0.5) is 13.2 Å². The van der Waals surface area contributed by atoms with Gasteiger partial charge in [-0.2, -0.15) is 0 Å². The molecule has 0 aliphatic heterocycles. The molecule has 0 fully saturated rings. The number of carbonyl (C=O) groups excluding carboxylic acids is 2. The maximum atomic E-state index is 13.7. The number of halogens is 3. The van der Waals surface area contributed by atoms with E-state index in [1.165, 1.54) is 6.92 Å². The molecule has 0 rings (SSSR count). The molecule has 0 heterocycles. The highest BCUT2D eigenvalue weighted by molar-refractivity contribution is 5.91. The number of rotatable bonds is 6. The van der Waals surface area contributed by atoms with Crippen molar-refractivity contribution >= 4 is 11.9 Å². The Morgan fingerprint density at radius 1 is 1.26 bits per heavy atom. The minimum atomic E-state index is -2.84. The van der Waals surface area contributed by atoms with E-state index in [0.29, 0.717) is 0 Å². The fourth-order valence-corrected chi connectivity index (χ4v) is 1.07. The van der Waals surface area contributed by atoms with Gasteiger partial charge >= 0.3 is 11.9 Å². The summed E-state index contributed by atoms with van der Waals surface area (Å²) < 4.78 is 42.6. The highest BCUT2D eigenvalue weighted by atomic mass is 19.3. The Morgan fingerprint density at radius 2 is 1.74 bits per heavy atom. The first-order chi connectivity index (χ1) is 8.54. The van der Waals surface area contributed by atoms with Gasteiger partial charge in [-0.1, -0.05) is 13.8 Å². The molecule has 0 spiro atoms. The minimum Gasteiger partial charge on any atom is -0.391 e. The number of carbonyl (C=O) groups is 2. The Kier molecular flexibility index (Phi) is 6.44. The fourth-order valence-electron chi connectivity index (χ4n) is 1.07. The summed E-state index contributed by atoms with van der Waals surface area (Å²) in [6.45, 7) is 3.57. The van der Waals surface area contributed by atoms with Crippen molar-refractivity contribution < 1.29 is 27.5 Å². The van der Waals surface area contributed by atoms with E-state index in [4.69, 9.17) is 11.5 Å². The summed E-state index contributed by atoms with van der Waals surface area (Å²) in [5.41, 5.74) is 8.45. The second-order valence-corrected chi connectivity index (χ2v) is 4.57. The Labute approximate surface area is 109 Å². The third-order valence-electron chi connectivity index (χ3n) is 3.03. The van der Waals surface area contributed by atoms with Gasteiger partial charge in [-0.05, 0) is 13.3 Å². The maximum Gasteiger partial charge on any atom is 0.333 e. The van der Waals surface area contributed by atoms with Gasteiger partial charge in [0.25, 0.3) is 0 Å². The number of alkyl halides is 3. The van der Waals surface area contributed by atoms with Crippen molar-refractivity contribution in [3.8, 4) is 0 Å². The Morgan fingerprint density at radius 3 is 2.11 bits per heavy atom. The Balaban J connectivity index is 4.62. The summed E-state index contributed by atoms with van der Waals surface area (Å²) in [5.74, 6) is -4.16. The van der Waals surface area contributed by atoms with Crippen LogP contribution < -0.4 is 11.5 Å². The van der Waals surface area contributed by atoms with E-state index in [1.807, 2.05) is 0 Å². The standard InChI is InChI=1S/C11H19F3N2O3/c1-4-11(3,14)7(16)10(18)19-9(17)6(15)5(2)8(12)13/h5-8H,4,15-16H2,1-3H3/t5?,6?,7-,11-/m1/s1. The zero-order chi connectivity index (χ0) is 15.4. The molecule has 2 unspecified atom stereocenters. The Hall–Kier alpha value is -1.15. The molecule has 112 valence electrons. The summed E-state index contributed by atoms with van der Waals surface area (Å²) in [6, 6.07) is -3.36. The molecule has 8 heteroatoms. The zero-order valence-electron chi connectivity index (χ0n) is 11.0. The van der Waals surface area contributed by atoms with Crippen LogP contribution in [0.15, 0.2) is 0 Å². The van der Waals surface area contributed by atoms with Crippen LogP contribution in [0, 0.1) is 5.92 Å². The van der Waals surface area contributed by atoms with Crippen LogP contribution in [0.3, 0.4) is 0 Å². The first kappa shape index (κ1) is 17.8. The van der Waals surface area contributed by atoms with Crippen molar-refractivity contribution in [2.24, 2.45) is 17.4 Å². The predicted molar refractivity (Wildman–Crippen MR) is 62.0 cm³/mol. The zero-order valence-corrected chi connectivity index (χ0v) is 11.0. The van der Waals surface area contributed by atoms with Crippen LogP contribution in [0.2, 0.25) is 0 Å². The predicted octanol–water partition coefficient (Wildman–Crippen LogP) is 0.750. The largest absolute Gasteiger partial charge is 0.391 e. The lowest BCUT2D eigenvalue weighted by Gasteiger charge is -2.24. The van der Waals surface area contributed by atoms with E-state index >= 15 is 0 Å². The Bertz CT molecular complexity index is 337. The fraction of sp³-hybridized carbons (Fsp3) is 0.818. The highest BCUT2D eigenvalue weighted by Crippen LogP contribution is 2.20. The normalized spacial score (nSPS) is 19.4.